The van der Waals surface area contributed by atoms with Crippen molar-refractivity contribution in [3.05, 3.63) is 70.6 Å². The van der Waals surface area contributed by atoms with Gasteiger partial charge in [0.2, 0.25) is 5.91 Å². The molecule has 2 N–H and O–H groups in total. The number of thiazole rings is 1. The van der Waals surface area contributed by atoms with Gasteiger partial charge in [0, 0.05) is 13.3 Å². The summed E-state index contributed by atoms with van der Waals surface area (Å²) in [5.41, 5.74) is 1.45. The average Bonchev–Trinajstić information content (AvgIpc) is 3.32. The Morgan fingerprint density at radius 2 is 1.89 bits per heavy atom. The number of nitrogens with one attached hydrogen (secondary N) is 2. The number of ketones is 1. The molecule has 1 atom stereocenters. The minimum Gasteiger partial charge on any atom is -0.459 e. The van der Waals surface area contributed by atoms with Gasteiger partial charge < -0.3 is 15.1 Å². The zero-order valence-electron chi connectivity index (χ0n) is 15.4. The van der Waals surface area contributed by atoms with Crippen LogP contribution in [0.4, 0.5) is 5.13 Å². The summed E-state index contributed by atoms with van der Waals surface area (Å²) in [7, 11) is 0. The van der Waals surface area contributed by atoms with Gasteiger partial charge in [0.05, 0.1) is 16.8 Å². The first kappa shape index (κ1) is 19.5. The minimum absolute atomic E-state index is 0.109. The molecule has 2 heterocycles. The molecule has 2 amide bonds. The molecule has 3 aromatic rings. The van der Waals surface area contributed by atoms with E-state index in [-0.39, 0.29) is 11.5 Å². The van der Waals surface area contributed by atoms with E-state index in [9.17, 15) is 14.4 Å². The topological polar surface area (TPSA) is 101 Å². The molecule has 3 rings (SSSR count). The molecule has 2 aromatic heterocycles. The van der Waals surface area contributed by atoms with Gasteiger partial charge in [-0.3, -0.25) is 14.4 Å². The largest absolute Gasteiger partial charge is 0.459 e. The molecular formula is C20H19N3O4S. The number of amides is 2. The Hall–Kier alpha value is -3.26. The lowest BCUT2D eigenvalue weighted by molar-refractivity contribution is -0.118. The molecule has 0 unspecified atom stereocenters. The van der Waals surface area contributed by atoms with E-state index in [4.69, 9.17) is 4.42 Å². The maximum Gasteiger partial charge on any atom is 0.287 e. The van der Waals surface area contributed by atoms with Crippen molar-refractivity contribution >= 4 is 34.1 Å². The first-order valence-electron chi connectivity index (χ1n) is 8.61. The number of hydrogen-bond donors (Lipinski definition) is 2. The van der Waals surface area contributed by atoms with Crippen molar-refractivity contribution in [2.45, 2.75) is 26.3 Å². The van der Waals surface area contributed by atoms with Crippen LogP contribution in [0.25, 0.3) is 0 Å². The molecule has 0 saturated carbocycles. The van der Waals surface area contributed by atoms with E-state index < -0.39 is 17.9 Å². The van der Waals surface area contributed by atoms with Crippen molar-refractivity contribution in [1.82, 2.24) is 10.3 Å². The molecular weight excluding hydrogens is 378 g/mol. The molecule has 28 heavy (non-hydrogen) atoms. The van der Waals surface area contributed by atoms with Crippen LogP contribution in [0, 0.1) is 6.92 Å². The summed E-state index contributed by atoms with van der Waals surface area (Å²) in [6.07, 6.45) is 1.69. The van der Waals surface area contributed by atoms with Crippen LogP contribution >= 0.6 is 11.3 Å². The Bertz CT molecular complexity index is 980. The summed E-state index contributed by atoms with van der Waals surface area (Å²) >= 11 is 1.11. The molecule has 0 aliphatic rings. The standard InChI is InChI=1S/C20H19N3O4S/c1-12-17(13(2)24)28-20(21-12)23-18(25)15(11-14-7-4-3-5-8-14)22-19(26)16-9-6-10-27-16/h3-10,15H,11H2,1-2H3,(H,22,26)(H,21,23,25)/t15-/m0/s1. The Kier molecular flexibility index (Phi) is 6.00. The van der Waals surface area contributed by atoms with Crippen molar-refractivity contribution in [2.75, 3.05) is 5.32 Å². The third kappa shape index (κ3) is 4.72. The van der Waals surface area contributed by atoms with E-state index >= 15 is 0 Å². The van der Waals surface area contributed by atoms with Crippen LogP contribution in [-0.4, -0.2) is 28.6 Å². The van der Waals surface area contributed by atoms with Crippen molar-refractivity contribution in [3.63, 3.8) is 0 Å². The fraction of sp³-hybridized carbons (Fsp3) is 0.200. The second kappa shape index (κ2) is 8.62. The molecule has 0 aliphatic heterocycles. The summed E-state index contributed by atoms with van der Waals surface area (Å²) in [5.74, 6) is -0.897. The monoisotopic (exact) mass is 397 g/mol. The predicted octanol–water partition coefficient (Wildman–Crippen LogP) is 3.23. The van der Waals surface area contributed by atoms with Crippen LogP contribution in [0.3, 0.4) is 0 Å². The molecule has 0 bridgehead atoms. The lowest BCUT2D eigenvalue weighted by atomic mass is 10.1. The summed E-state index contributed by atoms with van der Waals surface area (Å²) in [5, 5.41) is 5.71. The highest BCUT2D eigenvalue weighted by Crippen LogP contribution is 2.23. The molecule has 0 saturated heterocycles. The molecule has 7 nitrogen and oxygen atoms in total. The first-order valence-corrected chi connectivity index (χ1v) is 9.43. The normalized spacial score (nSPS) is 11.6. The number of Topliss-reactive ketones (excluding diaryl/α,β-unsaturated/α-hetero) is 1. The number of aryl methyl sites for hydroxylation is 1. The zero-order valence-corrected chi connectivity index (χ0v) is 16.2. The number of nitrogens with zero attached hydrogens (tertiary/aromatic N) is 1. The van der Waals surface area contributed by atoms with Gasteiger partial charge in [0.25, 0.3) is 5.91 Å². The van der Waals surface area contributed by atoms with E-state index in [2.05, 4.69) is 15.6 Å². The maximum absolute atomic E-state index is 12.8. The zero-order chi connectivity index (χ0) is 20.1. The van der Waals surface area contributed by atoms with Crippen LogP contribution < -0.4 is 10.6 Å². The fourth-order valence-corrected chi connectivity index (χ4v) is 3.53. The number of aromatic nitrogens is 1. The number of carbonyl (C=O) groups excluding carboxylic acids is 3. The number of carbonyl (C=O) groups is 3. The quantitative estimate of drug-likeness (QED) is 0.596. The SMILES string of the molecule is CC(=O)c1sc(NC(=O)[C@H](Cc2ccccc2)NC(=O)c2ccco2)nc1C. The van der Waals surface area contributed by atoms with Crippen molar-refractivity contribution in [3.8, 4) is 0 Å². The van der Waals surface area contributed by atoms with Gasteiger partial charge in [-0.05, 0) is 24.6 Å². The van der Waals surface area contributed by atoms with Crippen molar-refractivity contribution in [2.24, 2.45) is 0 Å². The van der Waals surface area contributed by atoms with Crippen molar-refractivity contribution in [1.29, 1.82) is 0 Å². The van der Waals surface area contributed by atoms with Gasteiger partial charge in [0.1, 0.15) is 6.04 Å². The van der Waals surface area contributed by atoms with Gasteiger partial charge in [-0.25, -0.2) is 4.98 Å². The molecule has 0 aliphatic carbocycles. The number of benzene rings is 1. The van der Waals surface area contributed by atoms with Gasteiger partial charge in [-0.1, -0.05) is 41.7 Å². The van der Waals surface area contributed by atoms with Crippen LogP contribution in [0.1, 0.15) is 38.4 Å². The van der Waals surface area contributed by atoms with Gasteiger partial charge in [-0.15, -0.1) is 0 Å². The number of furan rings is 1. The second-order valence-corrected chi connectivity index (χ2v) is 7.17. The van der Waals surface area contributed by atoms with Crippen LogP contribution in [0.5, 0.6) is 0 Å². The van der Waals surface area contributed by atoms with E-state index in [1.807, 2.05) is 30.3 Å². The van der Waals surface area contributed by atoms with Crippen LogP contribution in [0.2, 0.25) is 0 Å². The highest BCUT2D eigenvalue weighted by molar-refractivity contribution is 7.17. The van der Waals surface area contributed by atoms with E-state index in [1.165, 1.54) is 19.3 Å². The molecule has 1 aromatic carbocycles. The molecule has 0 spiro atoms. The Balaban J connectivity index is 1.78. The minimum atomic E-state index is -0.843. The molecule has 0 fully saturated rings. The number of rotatable bonds is 7. The highest BCUT2D eigenvalue weighted by Gasteiger charge is 2.24. The Morgan fingerprint density at radius 3 is 2.50 bits per heavy atom. The Labute approximate surface area is 165 Å². The Morgan fingerprint density at radius 1 is 1.14 bits per heavy atom. The third-order valence-corrected chi connectivity index (χ3v) is 5.17. The molecule has 8 heteroatoms. The van der Waals surface area contributed by atoms with Gasteiger partial charge in [0.15, 0.2) is 16.7 Å². The molecule has 144 valence electrons. The summed E-state index contributed by atoms with van der Waals surface area (Å²) in [6.45, 7) is 3.16. The highest BCUT2D eigenvalue weighted by atomic mass is 32.1. The third-order valence-electron chi connectivity index (χ3n) is 4.00. The van der Waals surface area contributed by atoms with Crippen LogP contribution in [0.15, 0.2) is 53.1 Å². The van der Waals surface area contributed by atoms with Gasteiger partial charge >= 0.3 is 0 Å². The summed E-state index contributed by atoms with van der Waals surface area (Å²) in [4.78, 5) is 41.5. The van der Waals surface area contributed by atoms with E-state index in [0.717, 1.165) is 16.9 Å². The van der Waals surface area contributed by atoms with Gasteiger partial charge in [-0.2, -0.15) is 0 Å². The fourth-order valence-electron chi connectivity index (χ4n) is 2.67. The average molecular weight is 397 g/mol. The number of hydrogen-bond acceptors (Lipinski definition) is 6. The molecule has 0 radical (unpaired) electrons. The smallest absolute Gasteiger partial charge is 0.287 e. The second-order valence-electron chi connectivity index (χ2n) is 6.17. The van der Waals surface area contributed by atoms with Crippen molar-refractivity contribution < 1.29 is 18.8 Å². The van der Waals surface area contributed by atoms with E-state index in [0.29, 0.717) is 22.1 Å². The summed E-state index contributed by atoms with van der Waals surface area (Å²) < 4.78 is 5.10. The number of anilines is 1. The lowest BCUT2D eigenvalue weighted by Gasteiger charge is -2.17. The lowest BCUT2D eigenvalue weighted by Crippen LogP contribution is -2.45. The first-order chi connectivity index (χ1) is 13.4. The summed E-state index contributed by atoms with van der Waals surface area (Å²) in [6, 6.07) is 11.6. The predicted molar refractivity (Wildman–Crippen MR) is 106 cm³/mol. The maximum atomic E-state index is 12.8. The van der Waals surface area contributed by atoms with E-state index in [1.54, 1.807) is 13.0 Å². The van der Waals surface area contributed by atoms with Crippen LogP contribution in [-0.2, 0) is 11.2 Å².